The third-order valence-corrected chi connectivity index (χ3v) is 3.79. The molecule has 2 nitrogen and oxygen atoms in total. The summed E-state index contributed by atoms with van der Waals surface area (Å²) < 4.78 is 49.5. The fourth-order valence-electron chi connectivity index (χ4n) is 1.82. The summed E-state index contributed by atoms with van der Waals surface area (Å²) in [6.07, 6.45) is -3.03. The average molecular weight is 268 g/mol. The number of halogens is 4. The van der Waals surface area contributed by atoms with Crippen LogP contribution < -0.4 is 4.90 Å². The molecule has 0 unspecified atom stereocenters. The van der Waals surface area contributed by atoms with E-state index in [1.807, 2.05) is 0 Å². The van der Waals surface area contributed by atoms with E-state index >= 15 is 0 Å². The first-order valence-electron chi connectivity index (χ1n) is 5.34. The first-order valence-corrected chi connectivity index (χ1v) is 6.22. The van der Waals surface area contributed by atoms with Crippen LogP contribution in [0.15, 0.2) is 5.38 Å². The highest BCUT2D eigenvalue weighted by Crippen LogP contribution is 2.34. The Morgan fingerprint density at radius 1 is 1.35 bits per heavy atom. The fraction of sp³-hybridized carbons (Fsp3) is 0.700. The highest BCUT2D eigenvalue weighted by atomic mass is 32.1. The summed E-state index contributed by atoms with van der Waals surface area (Å²) in [5.74, 6) is 0.0494. The summed E-state index contributed by atoms with van der Waals surface area (Å²) in [5.41, 5.74) is -0.842. The molecular weight excluding hydrogens is 256 g/mol. The standard InChI is InChI=1S/C10H12F4N2S/c11-5-7-1-3-16(4-2-7)9-15-8(6-17-9)10(12,13)14/h6-7H,1-5H2. The van der Waals surface area contributed by atoms with Crippen molar-refractivity contribution in [2.75, 3.05) is 24.7 Å². The van der Waals surface area contributed by atoms with E-state index in [1.165, 1.54) is 0 Å². The van der Waals surface area contributed by atoms with Crippen molar-refractivity contribution in [3.05, 3.63) is 11.1 Å². The summed E-state index contributed by atoms with van der Waals surface area (Å²) in [7, 11) is 0. The molecule has 0 aliphatic carbocycles. The van der Waals surface area contributed by atoms with Crippen molar-refractivity contribution in [2.45, 2.75) is 19.0 Å². The fourth-order valence-corrected chi connectivity index (χ4v) is 2.70. The van der Waals surface area contributed by atoms with Crippen LogP contribution in [-0.2, 0) is 6.18 Å². The maximum Gasteiger partial charge on any atom is 0.434 e. The van der Waals surface area contributed by atoms with Crippen LogP contribution in [0.4, 0.5) is 22.7 Å². The van der Waals surface area contributed by atoms with E-state index in [0.717, 1.165) is 16.7 Å². The predicted molar refractivity (Wildman–Crippen MR) is 58.0 cm³/mol. The summed E-state index contributed by atoms with van der Waals surface area (Å²) in [6.45, 7) is 0.818. The smallest absolute Gasteiger partial charge is 0.348 e. The molecule has 7 heteroatoms. The van der Waals surface area contributed by atoms with Gasteiger partial charge in [-0.2, -0.15) is 13.2 Å². The minimum atomic E-state index is -4.38. The molecule has 1 aromatic rings. The molecule has 0 spiro atoms. The molecule has 1 aliphatic rings. The summed E-state index contributed by atoms with van der Waals surface area (Å²) in [5, 5.41) is 1.41. The molecular formula is C10H12F4N2S. The van der Waals surface area contributed by atoms with Gasteiger partial charge in [-0.3, -0.25) is 4.39 Å². The first kappa shape index (κ1) is 12.6. The predicted octanol–water partition coefficient (Wildman–Crippen LogP) is 3.35. The van der Waals surface area contributed by atoms with Gasteiger partial charge < -0.3 is 4.90 Å². The lowest BCUT2D eigenvalue weighted by Gasteiger charge is -2.30. The van der Waals surface area contributed by atoms with Crippen LogP contribution in [0.1, 0.15) is 18.5 Å². The lowest BCUT2D eigenvalue weighted by atomic mass is 9.99. The van der Waals surface area contributed by atoms with Gasteiger partial charge in [-0.1, -0.05) is 0 Å². The zero-order valence-corrected chi connectivity index (χ0v) is 9.82. The van der Waals surface area contributed by atoms with E-state index in [1.54, 1.807) is 4.90 Å². The number of rotatable bonds is 2. The van der Waals surface area contributed by atoms with Crippen molar-refractivity contribution in [3.8, 4) is 0 Å². The van der Waals surface area contributed by atoms with Crippen LogP contribution in [-0.4, -0.2) is 24.7 Å². The highest BCUT2D eigenvalue weighted by molar-refractivity contribution is 7.13. The SMILES string of the molecule is FCC1CCN(c2nc(C(F)(F)F)cs2)CC1. The van der Waals surface area contributed by atoms with E-state index in [2.05, 4.69) is 4.98 Å². The minimum absolute atomic E-state index is 0.0494. The van der Waals surface area contributed by atoms with Gasteiger partial charge in [0.1, 0.15) is 0 Å². The number of nitrogens with zero attached hydrogens (tertiary/aromatic N) is 2. The van der Waals surface area contributed by atoms with E-state index < -0.39 is 11.9 Å². The third kappa shape index (κ3) is 2.88. The zero-order chi connectivity index (χ0) is 12.5. The topological polar surface area (TPSA) is 16.1 Å². The van der Waals surface area contributed by atoms with Crippen molar-refractivity contribution in [1.29, 1.82) is 0 Å². The van der Waals surface area contributed by atoms with E-state index in [4.69, 9.17) is 0 Å². The summed E-state index contributed by atoms with van der Waals surface area (Å²) in [6, 6.07) is 0. The molecule has 17 heavy (non-hydrogen) atoms. The Labute approximate surface area is 100 Å². The monoisotopic (exact) mass is 268 g/mol. The van der Waals surface area contributed by atoms with Gasteiger partial charge in [0.2, 0.25) is 0 Å². The summed E-state index contributed by atoms with van der Waals surface area (Å²) in [4.78, 5) is 5.38. The average Bonchev–Trinajstić information content (AvgIpc) is 2.78. The number of hydrogen-bond acceptors (Lipinski definition) is 3. The Morgan fingerprint density at radius 3 is 2.47 bits per heavy atom. The molecule has 0 saturated carbocycles. The molecule has 1 fully saturated rings. The molecule has 0 atom stereocenters. The third-order valence-electron chi connectivity index (χ3n) is 2.89. The molecule has 0 aromatic carbocycles. The molecule has 1 saturated heterocycles. The quantitative estimate of drug-likeness (QED) is 0.765. The number of aromatic nitrogens is 1. The van der Waals surface area contributed by atoms with E-state index in [9.17, 15) is 17.6 Å². The second kappa shape index (κ2) is 4.80. The van der Waals surface area contributed by atoms with Crippen molar-refractivity contribution in [1.82, 2.24) is 4.98 Å². The lowest BCUT2D eigenvalue weighted by Crippen LogP contribution is -2.34. The second-order valence-corrected chi connectivity index (χ2v) is 4.93. The Balaban J connectivity index is 2.02. The van der Waals surface area contributed by atoms with Gasteiger partial charge >= 0.3 is 6.18 Å². The molecule has 0 radical (unpaired) electrons. The molecule has 96 valence electrons. The minimum Gasteiger partial charge on any atom is -0.348 e. The van der Waals surface area contributed by atoms with Crippen molar-refractivity contribution >= 4 is 16.5 Å². The van der Waals surface area contributed by atoms with Gasteiger partial charge in [-0.25, -0.2) is 4.98 Å². The maximum absolute atomic E-state index is 12.4. The van der Waals surface area contributed by atoms with Crippen LogP contribution in [0.5, 0.6) is 0 Å². The van der Waals surface area contributed by atoms with Crippen LogP contribution in [0.2, 0.25) is 0 Å². The number of anilines is 1. The molecule has 0 bridgehead atoms. The number of alkyl halides is 4. The molecule has 2 rings (SSSR count). The summed E-state index contributed by atoms with van der Waals surface area (Å²) >= 11 is 0.993. The van der Waals surface area contributed by atoms with Gasteiger partial charge in [0, 0.05) is 18.5 Å². The van der Waals surface area contributed by atoms with Crippen molar-refractivity contribution in [3.63, 3.8) is 0 Å². The molecule has 1 aliphatic heterocycles. The van der Waals surface area contributed by atoms with Gasteiger partial charge in [-0.15, -0.1) is 11.3 Å². The van der Waals surface area contributed by atoms with E-state index in [-0.39, 0.29) is 12.6 Å². The molecule has 0 amide bonds. The van der Waals surface area contributed by atoms with Gasteiger partial charge in [-0.05, 0) is 18.8 Å². The second-order valence-electron chi connectivity index (χ2n) is 4.10. The van der Waals surface area contributed by atoms with Crippen LogP contribution in [0.25, 0.3) is 0 Å². The zero-order valence-electron chi connectivity index (χ0n) is 9.00. The Hall–Kier alpha value is -0.850. The normalized spacial score (nSPS) is 18.7. The Kier molecular flexibility index (Phi) is 3.56. The van der Waals surface area contributed by atoms with Gasteiger partial charge in [0.15, 0.2) is 10.8 Å². The van der Waals surface area contributed by atoms with Crippen LogP contribution in [0, 0.1) is 5.92 Å². The molecule has 0 N–H and O–H groups in total. The Bertz CT molecular complexity index is 369. The van der Waals surface area contributed by atoms with Gasteiger partial charge in [0.25, 0.3) is 0 Å². The largest absolute Gasteiger partial charge is 0.434 e. The Morgan fingerprint density at radius 2 is 2.00 bits per heavy atom. The van der Waals surface area contributed by atoms with Crippen molar-refractivity contribution < 1.29 is 17.6 Å². The number of thiazole rings is 1. The van der Waals surface area contributed by atoms with Crippen LogP contribution >= 0.6 is 11.3 Å². The first-order chi connectivity index (χ1) is 8.00. The highest BCUT2D eigenvalue weighted by Gasteiger charge is 2.34. The molecule has 2 heterocycles. The van der Waals surface area contributed by atoms with Gasteiger partial charge in [0.05, 0.1) is 6.67 Å². The number of hydrogen-bond donors (Lipinski definition) is 0. The molecule has 1 aromatic heterocycles. The lowest BCUT2D eigenvalue weighted by molar-refractivity contribution is -0.140. The number of piperidine rings is 1. The van der Waals surface area contributed by atoms with Crippen LogP contribution in [0.3, 0.4) is 0 Å². The van der Waals surface area contributed by atoms with Crippen molar-refractivity contribution in [2.24, 2.45) is 5.92 Å². The van der Waals surface area contributed by atoms with E-state index in [0.29, 0.717) is 31.1 Å². The maximum atomic E-state index is 12.4.